The Balaban J connectivity index is 1.38. The molecule has 1 fully saturated rings. The van der Waals surface area contributed by atoms with E-state index in [0.717, 1.165) is 37.0 Å². The number of unbranched alkanes of at least 4 members (excludes halogenated alkanes) is 2. The van der Waals surface area contributed by atoms with E-state index in [0.29, 0.717) is 61.3 Å². The molecule has 1 aliphatic rings. The third kappa shape index (κ3) is 7.90. The van der Waals surface area contributed by atoms with Gasteiger partial charge in [0.25, 0.3) is 0 Å². The van der Waals surface area contributed by atoms with E-state index < -0.39 is 11.7 Å². The summed E-state index contributed by atoms with van der Waals surface area (Å²) in [6.07, 6.45) is 0.00279. The molecule has 1 unspecified atom stereocenters. The van der Waals surface area contributed by atoms with Crippen molar-refractivity contribution in [2.75, 3.05) is 25.4 Å². The summed E-state index contributed by atoms with van der Waals surface area (Å²) in [6, 6.07) is 14.3. The highest BCUT2D eigenvalue weighted by Crippen LogP contribution is 2.33. The van der Waals surface area contributed by atoms with E-state index in [-0.39, 0.29) is 17.9 Å². The van der Waals surface area contributed by atoms with Crippen LogP contribution in [0.2, 0.25) is 0 Å². The first-order valence-electron chi connectivity index (χ1n) is 14.1. The lowest BCUT2D eigenvalue weighted by atomic mass is 10.1. The standard InChI is InChI=1S/C30H36F3N5O2S/c1-3-4-6-15-27(40)37-18-17-36(21-22(37)2)26(39)16-10-19-41-29-35-34-28(23-11-7-5-8-12-23)38(29)25-14-9-13-24(20-25)30(31,32)33/h5,7-9,11-14,20,22H,3-4,6,10,15-19,21H2,1-2H3. The molecule has 11 heteroatoms. The van der Waals surface area contributed by atoms with Crippen LogP contribution in [0.3, 0.4) is 0 Å². The topological polar surface area (TPSA) is 71.3 Å². The number of piperazine rings is 1. The van der Waals surface area contributed by atoms with Gasteiger partial charge in [0.1, 0.15) is 0 Å². The second-order valence-corrected chi connectivity index (χ2v) is 11.3. The molecule has 0 saturated carbocycles. The Morgan fingerprint density at radius 1 is 0.951 bits per heavy atom. The fraction of sp³-hybridized carbons (Fsp3) is 0.467. The molecular weight excluding hydrogens is 551 g/mol. The van der Waals surface area contributed by atoms with Crippen molar-refractivity contribution in [3.8, 4) is 17.1 Å². The zero-order chi connectivity index (χ0) is 29.4. The maximum atomic E-state index is 13.5. The van der Waals surface area contributed by atoms with Crippen LogP contribution in [0.15, 0.2) is 59.8 Å². The van der Waals surface area contributed by atoms with Gasteiger partial charge in [0, 0.05) is 49.8 Å². The van der Waals surface area contributed by atoms with E-state index in [9.17, 15) is 22.8 Å². The Labute approximate surface area is 243 Å². The van der Waals surface area contributed by atoms with Gasteiger partial charge in [0.05, 0.1) is 11.3 Å². The molecular formula is C30H36F3N5O2S. The monoisotopic (exact) mass is 587 g/mol. The summed E-state index contributed by atoms with van der Waals surface area (Å²) in [5.74, 6) is 1.19. The first-order chi connectivity index (χ1) is 19.7. The Hall–Kier alpha value is -3.34. The highest BCUT2D eigenvalue weighted by molar-refractivity contribution is 7.99. The van der Waals surface area contributed by atoms with Crippen LogP contribution < -0.4 is 0 Å². The quantitative estimate of drug-likeness (QED) is 0.190. The number of alkyl halides is 3. The van der Waals surface area contributed by atoms with Crippen molar-refractivity contribution in [3.63, 3.8) is 0 Å². The van der Waals surface area contributed by atoms with E-state index in [1.54, 1.807) is 10.6 Å². The van der Waals surface area contributed by atoms with Gasteiger partial charge in [-0.25, -0.2) is 0 Å². The van der Waals surface area contributed by atoms with Crippen molar-refractivity contribution in [2.24, 2.45) is 0 Å². The lowest BCUT2D eigenvalue weighted by Crippen LogP contribution is -2.55. The number of hydrogen-bond donors (Lipinski definition) is 0. The van der Waals surface area contributed by atoms with Gasteiger partial charge in [-0.3, -0.25) is 14.2 Å². The van der Waals surface area contributed by atoms with E-state index in [2.05, 4.69) is 17.1 Å². The number of aromatic nitrogens is 3. The third-order valence-electron chi connectivity index (χ3n) is 7.16. The molecule has 4 rings (SSSR count). The Kier molecular flexibility index (Phi) is 10.5. The van der Waals surface area contributed by atoms with Crippen molar-refractivity contribution in [1.29, 1.82) is 0 Å². The van der Waals surface area contributed by atoms with Crippen molar-refractivity contribution >= 4 is 23.6 Å². The number of rotatable bonds is 11. The van der Waals surface area contributed by atoms with E-state index in [1.807, 2.05) is 47.1 Å². The molecule has 1 saturated heterocycles. The summed E-state index contributed by atoms with van der Waals surface area (Å²) < 4.78 is 42.0. The second-order valence-electron chi connectivity index (χ2n) is 10.2. The fourth-order valence-electron chi connectivity index (χ4n) is 4.96. The summed E-state index contributed by atoms with van der Waals surface area (Å²) >= 11 is 1.36. The van der Waals surface area contributed by atoms with Crippen LogP contribution in [0.4, 0.5) is 13.2 Å². The van der Waals surface area contributed by atoms with Crippen molar-refractivity contribution in [1.82, 2.24) is 24.6 Å². The van der Waals surface area contributed by atoms with Gasteiger partial charge in [0.2, 0.25) is 11.8 Å². The van der Waals surface area contributed by atoms with E-state index >= 15 is 0 Å². The van der Waals surface area contributed by atoms with Gasteiger partial charge in [-0.05, 0) is 38.0 Å². The predicted molar refractivity (Wildman–Crippen MR) is 154 cm³/mol. The Morgan fingerprint density at radius 2 is 1.71 bits per heavy atom. The number of benzene rings is 2. The molecule has 1 aromatic heterocycles. The number of thioether (sulfide) groups is 1. The summed E-state index contributed by atoms with van der Waals surface area (Å²) in [5.41, 5.74) is 0.302. The summed E-state index contributed by atoms with van der Waals surface area (Å²) in [5, 5.41) is 9.05. The first kappa shape index (κ1) is 30.6. The molecule has 2 aromatic carbocycles. The average molecular weight is 588 g/mol. The summed E-state index contributed by atoms with van der Waals surface area (Å²) in [7, 11) is 0. The third-order valence-corrected chi connectivity index (χ3v) is 8.17. The van der Waals surface area contributed by atoms with E-state index in [1.165, 1.54) is 17.8 Å². The van der Waals surface area contributed by atoms with Gasteiger partial charge in [-0.15, -0.1) is 10.2 Å². The lowest BCUT2D eigenvalue weighted by Gasteiger charge is -2.40. The smallest absolute Gasteiger partial charge is 0.339 e. The number of amides is 2. The first-order valence-corrected chi connectivity index (χ1v) is 15.1. The number of nitrogens with zero attached hydrogens (tertiary/aromatic N) is 5. The van der Waals surface area contributed by atoms with Crippen LogP contribution in [0.5, 0.6) is 0 Å². The molecule has 3 aromatic rings. The number of carbonyl (C=O) groups is 2. The lowest BCUT2D eigenvalue weighted by molar-refractivity contribution is -0.142. The van der Waals surface area contributed by atoms with Crippen LogP contribution in [-0.4, -0.2) is 67.8 Å². The van der Waals surface area contributed by atoms with Crippen LogP contribution in [0.25, 0.3) is 17.1 Å². The SMILES string of the molecule is CCCCCC(=O)N1CCN(C(=O)CCCSc2nnc(-c3ccccc3)n2-c2cccc(C(F)(F)F)c2)CC1C. The molecule has 1 atom stereocenters. The van der Waals surface area contributed by atoms with Gasteiger partial charge in [-0.1, -0.05) is 67.9 Å². The average Bonchev–Trinajstić information content (AvgIpc) is 3.39. The molecule has 2 heterocycles. The molecule has 0 radical (unpaired) electrons. The minimum atomic E-state index is -4.48. The maximum absolute atomic E-state index is 13.5. The van der Waals surface area contributed by atoms with Crippen molar-refractivity contribution in [2.45, 2.75) is 69.7 Å². The minimum absolute atomic E-state index is 0.0152. The van der Waals surface area contributed by atoms with Crippen LogP contribution >= 0.6 is 11.8 Å². The Bertz CT molecular complexity index is 1310. The molecule has 7 nitrogen and oxygen atoms in total. The van der Waals surface area contributed by atoms with Crippen molar-refractivity contribution in [3.05, 3.63) is 60.2 Å². The highest BCUT2D eigenvalue weighted by Gasteiger charge is 2.31. The van der Waals surface area contributed by atoms with Crippen molar-refractivity contribution < 1.29 is 22.8 Å². The Morgan fingerprint density at radius 3 is 2.41 bits per heavy atom. The highest BCUT2D eigenvalue weighted by atomic mass is 32.2. The normalized spacial score (nSPS) is 15.8. The fourth-order valence-corrected chi connectivity index (χ4v) is 5.85. The zero-order valence-electron chi connectivity index (χ0n) is 23.4. The second kappa shape index (κ2) is 14.0. The summed E-state index contributed by atoms with van der Waals surface area (Å²) in [4.78, 5) is 29.2. The molecule has 0 aliphatic carbocycles. The molecule has 0 N–H and O–H groups in total. The molecule has 2 amide bonds. The van der Waals surface area contributed by atoms with Gasteiger partial charge >= 0.3 is 6.18 Å². The minimum Gasteiger partial charge on any atom is -0.339 e. The van der Waals surface area contributed by atoms with Gasteiger partial charge in [-0.2, -0.15) is 13.2 Å². The molecule has 1 aliphatic heterocycles. The molecule has 0 bridgehead atoms. The molecule has 41 heavy (non-hydrogen) atoms. The zero-order valence-corrected chi connectivity index (χ0v) is 24.3. The predicted octanol–water partition coefficient (Wildman–Crippen LogP) is 6.47. The molecule has 0 spiro atoms. The largest absolute Gasteiger partial charge is 0.416 e. The maximum Gasteiger partial charge on any atom is 0.416 e. The summed E-state index contributed by atoms with van der Waals surface area (Å²) in [6.45, 7) is 5.70. The molecule has 220 valence electrons. The van der Waals surface area contributed by atoms with Gasteiger partial charge < -0.3 is 9.80 Å². The van der Waals surface area contributed by atoms with Crippen LogP contribution in [-0.2, 0) is 15.8 Å². The van der Waals surface area contributed by atoms with E-state index in [4.69, 9.17) is 0 Å². The van der Waals surface area contributed by atoms with Crippen LogP contribution in [0, 0.1) is 0 Å². The number of halogens is 3. The van der Waals surface area contributed by atoms with Gasteiger partial charge in [0.15, 0.2) is 11.0 Å². The number of hydrogen-bond acceptors (Lipinski definition) is 5. The number of carbonyl (C=O) groups excluding carboxylic acids is 2. The van der Waals surface area contributed by atoms with Crippen LogP contribution in [0.1, 0.15) is 57.9 Å².